The molecule has 15 heteroatoms. The Labute approximate surface area is 217 Å². The maximum absolute atomic E-state index is 13.3. The van der Waals surface area contributed by atoms with E-state index in [1.807, 2.05) is 0 Å². The van der Waals surface area contributed by atoms with Crippen LogP contribution in [0.4, 0.5) is 0 Å². The Hall–Kier alpha value is -3.25. The van der Waals surface area contributed by atoms with Gasteiger partial charge in [0, 0.05) is 12.1 Å². The van der Waals surface area contributed by atoms with E-state index < -0.39 is 84.6 Å². The highest BCUT2D eigenvalue weighted by atomic mass is 16.7. The first-order valence-corrected chi connectivity index (χ1v) is 11.8. The van der Waals surface area contributed by atoms with Gasteiger partial charge < -0.3 is 69.3 Å². The highest BCUT2D eigenvalue weighted by molar-refractivity contribution is 5.97. The van der Waals surface area contributed by atoms with E-state index in [0.29, 0.717) is 0 Å². The van der Waals surface area contributed by atoms with Crippen LogP contribution >= 0.6 is 0 Å². The molecular weight excluding hydrogens is 528 g/mol. The largest absolute Gasteiger partial charge is 0.508 e. The first-order valence-electron chi connectivity index (χ1n) is 11.8. The summed E-state index contributed by atoms with van der Waals surface area (Å²) in [6, 6.07) is 4.43. The summed E-state index contributed by atoms with van der Waals surface area (Å²) >= 11 is 0. The van der Waals surface area contributed by atoms with Crippen LogP contribution in [0.15, 0.2) is 33.5 Å². The molecule has 1 aromatic heterocycles. The third-order valence-corrected chi connectivity index (χ3v) is 6.63. The molecule has 0 aliphatic carbocycles. The molecule has 39 heavy (non-hydrogen) atoms. The zero-order chi connectivity index (χ0) is 28.2. The molecule has 0 bridgehead atoms. The number of fused-ring (bicyclic) bond motifs is 2. The van der Waals surface area contributed by atoms with Gasteiger partial charge in [0.1, 0.15) is 76.2 Å². The van der Waals surface area contributed by atoms with Crippen molar-refractivity contribution in [2.75, 3.05) is 13.2 Å². The molecule has 0 spiro atoms. The van der Waals surface area contributed by atoms with Crippen LogP contribution in [0.1, 0.15) is 0 Å². The van der Waals surface area contributed by atoms with Gasteiger partial charge in [-0.1, -0.05) is 0 Å². The van der Waals surface area contributed by atoms with E-state index in [4.69, 9.17) is 23.4 Å². The molecule has 2 saturated heterocycles. The lowest BCUT2D eigenvalue weighted by molar-refractivity contribution is -0.307. The van der Waals surface area contributed by atoms with Crippen molar-refractivity contribution in [2.24, 2.45) is 0 Å². The molecular formula is C24H26O15. The Morgan fingerprint density at radius 3 is 2.28 bits per heavy atom. The van der Waals surface area contributed by atoms with Gasteiger partial charge in [-0.15, -0.1) is 0 Å². The number of ether oxygens (including phenoxy) is 4. The Morgan fingerprint density at radius 2 is 1.54 bits per heavy atom. The predicted octanol–water partition coefficient (Wildman–Crippen LogP) is -2.29. The molecule has 0 amide bonds. The number of aliphatic hydroxyl groups is 6. The van der Waals surface area contributed by atoms with Gasteiger partial charge in [0.15, 0.2) is 17.8 Å². The van der Waals surface area contributed by atoms with Crippen LogP contribution in [0.5, 0.6) is 23.0 Å². The molecule has 2 aromatic carbocycles. The van der Waals surface area contributed by atoms with Gasteiger partial charge in [0.25, 0.3) is 0 Å². The first-order chi connectivity index (χ1) is 18.5. The summed E-state index contributed by atoms with van der Waals surface area (Å²) < 4.78 is 27.3. The van der Waals surface area contributed by atoms with Crippen molar-refractivity contribution in [3.8, 4) is 23.0 Å². The highest BCUT2D eigenvalue weighted by Gasteiger charge is 2.46. The monoisotopic (exact) mass is 554 g/mol. The second kappa shape index (κ2) is 10.4. The van der Waals surface area contributed by atoms with Crippen LogP contribution in [0.2, 0.25) is 0 Å². The molecule has 15 nitrogen and oxygen atoms in total. The van der Waals surface area contributed by atoms with Crippen molar-refractivity contribution < 1.29 is 69.3 Å². The minimum atomic E-state index is -1.87. The number of benzene rings is 2. The van der Waals surface area contributed by atoms with E-state index in [1.54, 1.807) is 0 Å². The molecule has 2 fully saturated rings. The van der Waals surface area contributed by atoms with Crippen molar-refractivity contribution in [1.82, 2.24) is 0 Å². The highest BCUT2D eigenvalue weighted by Crippen LogP contribution is 2.37. The summed E-state index contributed by atoms with van der Waals surface area (Å²) in [6.07, 6.45) is -14.5. The van der Waals surface area contributed by atoms with Crippen molar-refractivity contribution in [3.05, 3.63) is 34.5 Å². The lowest BCUT2D eigenvalue weighted by Crippen LogP contribution is -2.61. The summed E-state index contributed by atoms with van der Waals surface area (Å²) in [6.45, 7) is -0.894. The fourth-order valence-corrected chi connectivity index (χ4v) is 4.48. The second-order valence-electron chi connectivity index (χ2n) is 9.27. The molecule has 0 unspecified atom stereocenters. The van der Waals surface area contributed by atoms with E-state index >= 15 is 0 Å². The number of phenolic OH excluding ortho intramolecular Hbond substituents is 3. The molecule has 9 N–H and O–H groups in total. The van der Waals surface area contributed by atoms with Crippen LogP contribution in [0.25, 0.3) is 21.9 Å². The number of phenols is 3. The number of aromatic hydroxyl groups is 3. The van der Waals surface area contributed by atoms with Crippen molar-refractivity contribution in [3.63, 3.8) is 0 Å². The minimum Gasteiger partial charge on any atom is -0.508 e. The Morgan fingerprint density at radius 1 is 0.821 bits per heavy atom. The summed E-state index contributed by atoms with van der Waals surface area (Å²) in [5.74, 6) is -2.15. The fourth-order valence-electron chi connectivity index (χ4n) is 4.48. The van der Waals surface area contributed by atoms with E-state index in [-0.39, 0.29) is 34.3 Å². The second-order valence-corrected chi connectivity index (χ2v) is 9.27. The number of rotatable bonds is 5. The normalized spacial score (nSPS) is 33.4. The van der Waals surface area contributed by atoms with Gasteiger partial charge in [-0.25, -0.2) is 0 Å². The lowest BCUT2D eigenvalue weighted by Gasteiger charge is -2.41. The summed E-state index contributed by atoms with van der Waals surface area (Å²) in [7, 11) is 0. The van der Waals surface area contributed by atoms with Gasteiger partial charge in [-0.3, -0.25) is 4.79 Å². The molecule has 9 atom stereocenters. The van der Waals surface area contributed by atoms with Crippen molar-refractivity contribution in [2.45, 2.75) is 55.3 Å². The summed E-state index contributed by atoms with van der Waals surface area (Å²) in [4.78, 5) is 13.3. The maximum Gasteiger partial charge on any atom is 0.229 e. The van der Waals surface area contributed by atoms with Gasteiger partial charge in [-0.05, 0) is 12.1 Å². The third-order valence-electron chi connectivity index (χ3n) is 6.63. The fraction of sp³-hybridized carbons (Fsp3) is 0.458. The Balaban J connectivity index is 1.43. The standard InChI is InChI=1S/C24H26O15/c25-7-3-11-14(19(31)15-10(37-11)2-1-8(26)16(15)28)12(4-7)38-24-22(34)20(32)18(30)13(39-24)6-36-23-21(33)17(29)9(27)5-35-23/h1-4,9,13,17-18,20-30,32-34H,5-6H2/t9-,13+,17+,18+,20-,21-,22+,23-,24-/m0/s1. The zero-order valence-electron chi connectivity index (χ0n) is 19.9. The van der Waals surface area contributed by atoms with Crippen molar-refractivity contribution >= 4 is 21.9 Å². The molecule has 2 aliphatic heterocycles. The van der Waals surface area contributed by atoms with Crippen LogP contribution in [0, 0.1) is 0 Å². The summed E-state index contributed by atoms with van der Waals surface area (Å²) in [5, 5.41) is 90.2. The van der Waals surface area contributed by atoms with E-state index in [9.17, 15) is 50.8 Å². The number of hydrogen-bond acceptors (Lipinski definition) is 15. The first kappa shape index (κ1) is 27.3. The van der Waals surface area contributed by atoms with Crippen LogP contribution in [0.3, 0.4) is 0 Å². The van der Waals surface area contributed by atoms with Gasteiger partial charge in [0.2, 0.25) is 11.7 Å². The number of aliphatic hydroxyl groups excluding tert-OH is 6. The summed E-state index contributed by atoms with van der Waals surface area (Å²) in [5.41, 5.74) is -1.14. The van der Waals surface area contributed by atoms with E-state index in [1.165, 1.54) is 6.07 Å². The number of hydrogen-bond donors (Lipinski definition) is 9. The molecule has 5 rings (SSSR count). The molecule has 3 heterocycles. The molecule has 2 aliphatic rings. The lowest BCUT2D eigenvalue weighted by atomic mass is 9.99. The van der Waals surface area contributed by atoms with Crippen molar-refractivity contribution in [1.29, 1.82) is 0 Å². The van der Waals surface area contributed by atoms with Gasteiger partial charge >= 0.3 is 0 Å². The molecule has 0 saturated carbocycles. The van der Waals surface area contributed by atoms with Gasteiger partial charge in [0.05, 0.1) is 13.2 Å². The Bertz CT molecular complexity index is 1420. The smallest absolute Gasteiger partial charge is 0.229 e. The average Bonchev–Trinajstić information content (AvgIpc) is 2.89. The third kappa shape index (κ3) is 4.84. The minimum absolute atomic E-state index is 0.103. The van der Waals surface area contributed by atoms with Crippen LogP contribution in [-0.2, 0) is 14.2 Å². The van der Waals surface area contributed by atoms with Crippen LogP contribution < -0.4 is 10.2 Å². The van der Waals surface area contributed by atoms with E-state index in [2.05, 4.69) is 0 Å². The predicted molar refractivity (Wildman–Crippen MR) is 126 cm³/mol. The molecule has 212 valence electrons. The Kier molecular flexibility index (Phi) is 7.27. The average molecular weight is 554 g/mol. The van der Waals surface area contributed by atoms with Crippen LogP contribution in [-0.4, -0.2) is 114 Å². The quantitative estimate of drug-likeness (QED) is 0.119. The zero-order valence-corrected chi connectivity index (χ0v) is 19.9. The topological polar surface area (TPSA) is 249 Å². The molecule has 3 aromatic rings. The SMILES string of the molecule is O=c1c2c(O[C@H]3O[C@H](CO[C@@H]4OC[C@H](O)[C@@H](O)[C@@H]4O)[C@@H](O)[C@H](O)[C@H]3O)cc(O)cc2oc2ccc(O)c(O)c12. The maximum atomic E-state index is 13.3. The molecule has 0 radical (unpaired) electrons. The van der Waals surface area contributed by atoms with E-state index in [0.717, 1.165) is 18.2 Å². The van der Waals surface area contributed by atoms with Gasteiger partial charge in [-0.2, -0.15) is 0 Å².